The molecule has 0 aliphatic rings. The van der Waals surface area contributed by atoms with Gasteiger partial charge in [0.25, 0.3) is 0 Å². The fraction of sp³-hybridized carbons (Fsp3) is 0.681. The molecule has 292 valence electrons. The van der Waals surface area contributed by atoms with E-state index in [1.54, 1.807) is 0 Å². The number of carbonyl (C=O) groups excluding carboxylic acids is 1. The minimum atomic E-state index is -0.558. The highest BCUT2D eigenvalue weighted by Gasteiger charge is 2.13. The van der Waals surface area contributed by atoms with E-state index in [1.807, 2.05) is 0 Å². The number of esters is 1. The predicted molar refractivity (Wildman–Crippen MR) is 223 cm³/mol. The van der Waals surface area contributed by atoms with Gasteiger partial charge < -0.3 is 14.6 Å². The molecule has 0 saturated heterocycles. The van der Waals surface area contributed by atoms with Crippen molar-refractivity contribution in [1.29, 1.82) is 0 Å². The molecule has 0 aliphatic carbocycles. The lowest BCUT2D eigenvalue weighted by molar-refractivity contribution is -0.154. The Kier molecular flexibility index (Phi) is 41.6. The molecule has 0 radical (unpaired) electrons. The number of aliphatic hydroxyl groups is 1. The number of unbranched alkanes of at least 4 members (excludes halogenated alkanes) is 16. The molecule has 0 bridgehead atoms. The normalized spacial score (nSPS) is 13.2. The Morgan fingerprint density at radius 2 is 0.882 bits per heavy atom. The molecule has 0 heterocycles. The van der Waals surface area contributed by atoms with Crippen molar-refractivity contribution in [1.82, 2.24) is 0 Å². The van der Waals surface area contributed by atoms with E-state index >= 15 is 0 Å². The second-order valence-corrected chi connectivity index (χ2v) is 13.7. The summed E-state index contributed by atoms with van der Waals surface area (Å²) in [7, 11) is 0. The molecule has 4 heteroatoms. The smallest absolute Gasteiger partial charge is 0.306 e. The van der Waals surface area contributed by atoms with Crippen LogP contribution in [0.5, 0.6) is 0 Å². The Hall–Kier alpha value is -2.43. The summed E-state index contributed by atoms with van der Waals surface area (Å²) in [6.07, 6.45) is 60.7. The molecule has 0 aromatic heterocycles. The first-order chi connectivity index (χ1) is 25.2. The van der Waals surface area contributed by atoms with Gasteiger partial charge in [-0.25, -0.2) is 0 Å². The summed E-state index contributed by atoms with van der Waals surface area (Å²) in [6, 6.07) is 0. The summed E-state index contributed by atoms with van der Waals surface area (Å²) in [5, 5.41) is 9.60. The van der Waals surface area contributed by atoms with E-state index < -0.39 is 6.10 Å². The van der Waals surface area contributed by atoms with Gasteiger partial charge in [-0.15, -0.1) is 0 Å². The highest BCUT2D eigenvalue weighted by Crippen LogP contribution is 2.11. The topological polar surface area (TPSA) is 55.8 Å². The largest absolute Gasteiger partial charge is 0.457 e. The van der Waals surface area contributed by atoms with Crippen LogP contribution in [-0.4, -0.2) is 37.0 Å². The van der Waals surface area contributed by atoms with E-state index in [0.717, 1.165) is 83.5 Å². The van der Waals surface area contributed by atoms with Gasteiger partial charge in [0.1, 0.15) is 6.10 Å². The third kappa shape index (κ3) is 41.9. The van der Waals surface area contributed by atoms with Gasteiger partial charge in [0.05, 0.1) is 13.2 Å². The van der Waals surface area contributed by atoms with E-state index in [2.05, 4.69) is 98.9 Å². The molecule has 0 amide bonds. The summed E-state index contributed by atoms with van der Waals surface area (Å²) in [5.74, 6) is -0.231. The Morgan fingerprint density at radius 1 is 0.490 bits per heavy atom. The van der Waals surface area contributed by atoms with Crippen LogP contribution in [-0.2, 0) is 14.3 Å². The second-order valence-electron chi connectivity index (χ2n) is 13.7. The minimum absolute atomic E-state index is 0.191. The van der Waals surface area contributed by atoms with Crippen LogP contribution < -0.4 is 0 Å². The van der Waals surface area contributed by atoms with Crippen molar-refractivity contribution in [2.24, 2.45) is 0 Å². The Bertz CT molecular complexity index is 923. The van der Waals surface area contributed by atoms with Crippen LogP contribution in [0.3, 0.4) is 0 Å². The number of hydrogen-bond acceptors (Lipinski definition) is 4. The van der Waals surface area contributed by atoms with Crippen molar-refractivity contribution in [2.45, 2.75) is 187 Å². The average molecular weight is 709 g/mol. The summed E-state index contributed by atoms with van der Waals surface area (Å²) in [4.78, 5) is 12.2. The van der Waals surface area contributed by atoms with E-state index in [0.29, 0.717) is 13.0 Å². The Labute approximate surface area is 316 Å². The maximum atomic E-state index is 12.2. The van der Waals surface area contributed by atoms with Gasteiger partial charge in [-0.2, -0.15) is 0 Å². The van der Waals surface area contributed by atoms with E-state index in [-0.39, 0.29) is 19.2 Å². The third-order valence-corrected chi connectivity index (χ3v) is 8.70. The molecule has 0 rings (SSSR count). The van der Waals surface area contributed by atoms with E-state index in [1.165, 1.54) is 77.0 Å². The van der Waals surface area contributed by atoms with Crippen LogP contribution >= 0.6 is 0 Å². The van der Waals surface area contributed by atoms with Gasteiger partial charge in [-0.05, 0) is 89.9 Å². The summed E-state index contributed by atoms with van der Waals surface area (Å²) in [6.45, 7) is 5.16. The van der Waals surface area contributed by atoms with Crippen molar-refractivity contribution < 1.29 is 19.4 Å². The fourth-order valence-electron chi connectivity index (χ4n) is 5.56. The maximum Gasteiger partial charge on any atom is 0.306 e. The van der Waals surface area contributed by atoms with Crippen LogP contribution in [0.4, 0.5) is 0 Å². The molecule has 0 aromatic carbocycles. The highest BCUT2D eigenvalue weighted by atomic mass is 16.6. The zero-order valence-corrected chi connectivity index (χ0v) is 33.3. The first-order valence-electron chi connectivity index (χ1n) is 21.2. The summed E-state index contributed by atoms with van der Waals surface area (Å²) < 4.78 is 11.1. The number of hydrogen-bond donors (Lipinski definition) is 1. The Balaban J connectivity index is 3.53. The van der Waals surface area contributed by atoms with E-state index in [4.69, 9.17) is 9.47 Å². The third-order valence-electron chi connectivity index (χ3n) is 8.70. The van der Waals surface area contributed by atoms with Gasteiger partial charge in [-0.1, -0.05) is 170 Å². The summed E-state index contributed by atoms with van der Waals surface area (Å²) >= 11 is 0. The zero-order chi connectivity index (χ0) is 37.0. The number of rotatable bonds is 38. The van der Waals surface area contributed by atoms with Gasteiger partial charge in [0.2, 0.25) is 0 Å². The zero-order valence-electron chi connectivity index (χ0n) is 33.3. The summed E-state index contributed by atoms with van der Waals surface area (Å²) in [5.41, 5.74) is 0. The van der Waals surface area contributed by atoms with Crippen molar-refractivity contribution in [2.75, 3.05) is 19.8 Å². The van der Waals surface area contributed by atoms with Crippen molar-refractivity contribution in [3.63, 3.8) is 0 Å². The molecule has 0 aromatic rings. The maximum absolute atomic E-state index is 12.2. The number of carbonyl (C=O) groups is 1. The molecule has 0 aliphatic heterocycles. The van der Waals surface area contributed by atoms with Gasteiger partial charge in [0.15, 0.2) is 0 Å². The standard InChI is InChI=1S/C47H80O4/c1-3-5-7-9-11-13-15-17-19-21-22-23-24-25-27-29-31-33-35-37-39-41-43-50-45-46(44-48)51-47(49)42-40-38-36-34-32-30-28-26-20-18-16-14-12-10-8-6-4-2/h6,8,12,14-15,17-18,20-22,24-25,28,30,46,48H,3-5,7,9-11,13,16,19,23,26-27,29,31-45H2,1-2H3/b8-6-,14-12-,17-15-,20-18-,22-21-,25-24-,30-28-. The van der Waals surface area contributed by atoms with Crippen molar-refractivity contribution in [3.8, 4) is 0 Å². The molecule has 1 N–H and O–H groups in total. The SMILES string of the molecule is CC/C=C\C/C=C\C/C=C\C/C=C\CCCCCCC(=O)OC(CO)COCCCCCCCCC/C=C\C/C=C\C/C=C\CCCCCCC. The molecule has 4 nitrogen and oxygen atoms in total. The molecular weight excluding hydrogens is 629 g/mol. The Morgan fingerprint density at radius 3 is 1.33 bits per heavy atom. The molecular formula is C47H80O4. The minimum Gasteiger partial charge on any atom is -0.457 e. The van der Waals surface area contributed by atoms with Gasteiger partial charge in [0, 0.05) is 13.0 Å². The van der Waals surface area contributed by atoms with Crippen molar-refractivity contribution >= 4 is 5.97 Å². The van der Waals surface area contributed by atoms with Crippen LogP contribution in [0, 0.1) is 0 Å². The first kappa shape index (κ1) is 48.6. The number of allylic oxidation sites excluding steroid dienone is 14. The quantitative estimate of drug-likeness (QED) is 0.0394. The fourth-order valence-corrected chi connectivity index (χ4v) is 5.56. The monoisotopic (exact) mass is 709 g/mol. The van der Waals surface area contributed by atoms with Gasteiger partial charge in [-0.3, -0.25) is 4.79 Å². The highest BCUT2D eigenvalue weighted by molar-refractivity contribution is 5.69. The van der Waals surface area contributed by atoms with Crippen molar-refractivity contribution in [3.05, 3.63) is 85.1 Å². The average Bonchev–Trinajstić information content (AvgIpc) is 3.14. The first-order valence-corrected chi connectivity index (χ1v) is 21.2. The molecule has 0 saturated carbocycles. The molecule has 1 atom stereocenters. The number of aliphatic hydroxyl groups excluding tert-OH is 1. The molecule has 51 heavy (non-hydrogen) atoms. The predicted octanol–water partition coefficient (Wildman–Crippen LogP) is 14.0. The van der Waals surface area contributed by atoms with Gasteiger partial charge >= 0.3 is 5.97 Å². The van der Waals surface area contributed by atoms with Crippen LogP contribution in [0.15, 0.2) is 85.1 Å². The second kappa shape index (κ2) is 43.7. The number of ether oxygens (including phenoxy) is 2. The van der Waals surface area contributed by atoms with Crippen LogP contribution in [0.1, 0.15) is 181 Å². The molecule has 0 spiro atoms. The lowest BCUT2D eigenvalue weighted by atomic mass is 10.1. The van der Waals surface area contributed by atoms with Crippen LogP contribution in [0.25, 0.3) is 0 Å². The lowest BCUT2D eigenvalue weighted by Crippen LogP contribution is -2.27. The van der Waals surface area contributed by atoms with E-state index in [9.17, 15) is 9.90 Å². The lowest BCUT2D eigenvalue weighted by Gasteiger charge is -2.15. The molecule has 0 fully saturated rings. The molecule has 1 unspecified atom stereocenters. The van der Waals surface area contributed by atoms with Crippen LogP contribution in [0.2, 0.25) is 0 Å².